The fourth-order valence-corrected chi connectivity index (χ4v) is 1.24. The molecule has 0 aliphatic rings. The van der Waals surface area contributed by atoms with Crippen LogP contribution in [0.4, 0.5) is 8.78 Å². The number of hydrogen-bond acceptors (Lipinski definition) is 1. The maximum absolute atomic E-state index is 12.0. The van der Waals surface area contributed by atoms with Gasteiger partial charge in [0.25, 0.3) is 6.43 Å². The Hall–Kier alpha value is -1.39. The fraction of sp³-hybridized carbons (Fsp3) is 0.444. The number of aryl methyl sites for hydroxylation is 1. The van der Waals surface area contributed by atoms with E-state index in [1.165, 1.54) is 10.8 Å². The molecule has 1 aromatic heterocycles. The minimum absolute atomic E-state index is 0.0345. The molecular weight excluding hydrogens is 192 g/mol. The van der Waals surface area contributed by atoms with Crippen molar-refractivity contribution in [2.75, 3.05) is 0 Å². The average molecular weight is 203 g/mol. The van der Waals surface area contributed by atoms with Crippen molar-refractivity contribution in [3.8, 4) is 0 Å². The summed E-state index contributed by atoms with van der Waals surface area (Å²) in [5.41, 5.74) is 0.632. The Balaban J connectivity index is 2.58. The zero-order chi connectivity index (χ0) is 10.6. The Bertz CT molecular complexity index is 310. The van der Waals surface area contributed by atoms with Crippen molar-refractivity contribution in [1.29, 1.82) is 0 Å². The molecule has 0 atom stereocenters. The van der Waals surface area contributed by atoms with Crippen molar-refractivity contribution in [1.82, 2.24) is 4.57 Å². The van der Waals surface area contributed by atoms with Gasteiger partial charge in [-0.05, 0) is 18.6 Å². The Morgan fingerprint density at radius 3 is 2.86 bits per heavy atom. The molecule has 1 rings (SSSR count). The van der Waals surface area contributed by atoms with Gasteiger partial charge in [-0.15, -0.1) is 0 Å². The number of carbonyl (C=O) groups is 1. The number of carboxylic acid groups (broad SMARTS) is 1. The lowest BCUT2D eigenvalue weighted by atomic mass is 10.2. The third-order valence-corrected chi connectivity index (χ3v) is 1.85. The van der Waals surface area contributed by atoms with Crippen LogP contribution in [-0.4, -0.2) is 22.1 Å². The molecule has 0 radical (unpaired) electrons. The molecule has 0 spiro atoms. The summed E-state index contributed by atoms with van der Waals surface area (Å²) >= 11 is 0. The lowest BCUT2D eigenvalue weighted by Gasteiger charge is -2.06. The van der Waals surface area contributed by atoms with Gasteiger partial charge < -0.3 is 9.67 Å². The van der Waals surface area contributed by atoms with Gasteiger partial charge in [-0.3, -0.25) is 4.79 Å². The van der Waals surface area contributed by atoms with Gasteiger partial charge in [0.15, 0.2) is 0 Å². The molecule has 0 saturated carbocycles. The summed E-state index contributed by atoms with van der Waals surface area (Å²) in [7, 11) is 0. The van der Waals surface area contributed by atoms with E-state index < -0.39 is 12.4 Å². The molecule has 78 valence electrons. The van der Waals surface area contributed by atoms with Crippen molar-refractivity contribution >= 4 is 5.97 Å². The summed E-state index contributed by atoms with van der Waals surface area (Å²) in [4.78, 5) is 10.3. The van der Waals surface area contributed by atoms with Crippen LogP contribution in [0.15, 0.2) is 18.3 Å². The van der Waals surface area contributed by atoms with Crippen LogP contribution in [-0.2, 0) is 17.8 Å². The second-order valence-corrected chi connectivity index (χ2v) is 2.94. The number of carboxylic acids is 1. The molecule has 1 aromatic rings. The fourth-order valence-electron chi connectivity index (χ4n) is 1.24. The first-order valence-electron chi connectivity index (χ1n) is 4.23. The molecule has 0 aromatic carbocycles. The maximum Gasteiger partial charge on any atom is 0.303 e. The zero-order valence-corrected chi connectivity index (χ0v) is 7.49. The molecule has 14 heavy (non-hydrogen) atoms. The minimum Gasteiger partial charge on any atom is -0.481 e. The molecule has 0 aliphatic heterocycles. The maximum atomic E-state index is 12.0. The van der Waals surface area contributed by atoms with Crippen molar-refractivity contribution in [2.24, 2.45) is 0 Å². The number of nitrogens with zero attached hydrogens (tertiary/aromatic N) is 1. The Labute approximate surface area is 80.0 Å². The van der Waals surface area contributed by atoms with Crippen LogP contribution in [0, 0.1) is 0 Å². The minimum atomic E-state index is -2.41. The number of aromatic nitrogens is 1. The summed E-state index contributed by atoms with van der Waals surface area (Å²) in [5, 5.41) is 8.43. The van der Waals surface area contributed by atoms with E-state index in [0.29, 0.717) is 5.69 Å². The summed E-state index contributed by atoms with van der Waals surface area (Å²) in [6.45, 7) is -0.373. The molecule has 0 saturated heterocycles. The quantitative estimate of drug-likeness (QED) is 0.792. The van der Waals surface area contributed by atoms with E-state index in [-0.39, 0.29) is 19.4 Å². The highest BCUT2D eigenvalue weighted by Crippen LogP contribution is 2.08. The van der Waals surface area contributed by atoms with Crippen LogP contribution in [0.25, 0.3) is 0 Å². The van der Waals surface area contributed by atoms with Crippen molar-refractivity contribution in [3.63, 3.8) is 0 Å². The predicted octanol–water partition coefficient (Wildman–Crippen LogP) is 1.77. The molecule has 0 unspecified atom stereocenters. The van der Waals surface area contributed by atoms with E-state index in [1.54, 1.807) is 12.1 Å². The van der Waals surface area contributed by atoms with Gasteiger partial charge in [-0.1, -0.05) is 0 Å². The Morgan fingerprint density at radius 2 is 2.29 bits per heavy atom. The molecule has 0 bridgehead atoms. The highest BCUT2D eigenvalue weighted by molar-refractivity contribution is 5.66. The van der Waals surface area contributed by atoms with Crippen LogP contribution in [0.3, 0.4) is 0 Å². The number of hydrogen-bond donors (Lipinski definition) is 1. The highest BCUT2D eigenvalue weighted by atomic mass is 19.3. The molecule has 0 fully saturated rings. The normalized spacial score (nSPS) is 10.8. The van der Waals surface area contributed by atoms with Crippen LogP contribution in [0.1, 0.15) is 12.1 Å². The molecule has 5 heteroatoms. The van der Waals surface area contributed by atoms with Crippen LogP contribution in [0.2, 0.25) is 0 Å². The van der Waals surface area contributed by atoms with Gasteiger partial charge >= 0.3 is 5.97 Å². The lowest BCUT2D eigenvalue weighted by Crippen LogP contribution is -2.09. The van der Waals surface area contributed by atoms with E-state index in [9.17, 15) is 13.6 Å². The van der Waals surface area contributed by atoms with E-state index in [1.807, 2.05) is 0 Å². The third-order valence-electron chi connectivity index (χ3n) is 1.85. The van der Waals surface area contributed by atoms with Gasteiger partial charge in [0.05, 0.1) is 13.0 Å². The van der Waals surface area contributed by atoms with Gasteiger partial charge in [0.1, 0.15) is 0 Å². The van der Waals surface area contributed by atoms with Crippen molar-refractivity contribution in [3.05, 3.63) is 24.0 Å². The van der Waals surface area contributed by atoms with E-state index in [2.05, 4.69) is 0 Å². The molecule has 0 amide bonds. The lowest BCUT2D eigenvalue weighted by molar-refractivity contribution is -0.136. The first kappa shape index (κ1) is 10.7. The predicted molar refractivity (Wildman–Crippen MR) is 46.4 cm³/mol. The summed E-state index contributed by atoms with van der Waals surface area (Å²) in [5.74, 6) is -0.921. The van der Waals surface area contributed by atoms with Crippen molar-refractivity contribution in [2.45, 2.75) is 25.8 Å². The Kier molecular flexibility index (Phi) is 3.62. The van der Waals surface area contributed by atoms with Crippen LogP contribution in [0.5, 0.6) is 0 Å². The van der Waals surface area contributed by atoms with E-state index >= 15 is 0 Å². The molecule has 0 aliphatic carbocycles. The molecule has 3 nitrogen and oxygen atoms in total. The van der Waals surface area contributed by atoms with Gasteiger partial charge in [0, 0.05) is 11.9 Å². The number of aliphatic carboxylic acids is 1. The third kappa shape index (κ3) is 3.16. The smallest absolute Gasteiger partial charge is 0.303 e. The molecule has 1 N–H and O–H groups in total. The highest BCUT2D eigenvalue weighted by Gasteiger charge is 2.08. The monoisotopic (exact) mass is 203 g/mol. The number of halogens is 2. The number of rotatable bonds is 5. The second kappa shape index (κ2) is 4.74. The average Bonchev–Trinajstić information content (AvgIpc) is 2.47. The van der Waals surface area contributed by atoms with Crippen LogP contribution >= 0.6 is 0 Å². The Morgan fingerprint density at radius 1 is 1.57 bits per heavy atom. The van der Waals surface area contributed by atoms with Crippen LogP contribution < -0.4 is 0 Å². The van der Waals surface area contributed by atoms with E-state index in [0.717, 1.165) is 0 Å². The molecule has 1 heterocycles. The van der Waals surface area contributed by atoms with Gasteiger partial charge in [0.2, 0.25) is 0 Å². The first-order chi connectivity index (χ1) is 6.59. The summed E-state index contributed by atoms with van der Waals surface area (Å²) in [6.07, 6.45) is -0.628. The van der Waals surface area contributed by atoms with Crippen molar-refractivity contribution < 1.29 is 18.7 Å². The molecular formula is C9H11F2NO2. The second-order valence-electron chi connectivity index (χ2n) is 2.94. The summed E-state index contributed by atoms with van der Waals surface area (Å²) in [6, 6.07) is 3.30. The first-order valence-corrected chi connectivity index (χ1v) is 4.23. The largest absolute Gasteiger partial charge is 0.481 e. The van der Waals surface area contributed by atoms with Gasteiger partial charge in [-0.25, -0.2) is 8.78 Å². The zero-order valence-electron chi connectivity index (χ0n) is 7.49. The number of alkyl halides is 2. The standard InChI is InChI=1S/C9H11F2NO2/c10-8(11)6-12-5-1-2-7(12)3-4-9(13)14/h1-2,5,8H,3-4,6H2,(H,13,14). The van der Waals surface area contributed by atoms with E-state index in [4.69, 9.17) is 5.11 Å². The van der Waals surface area contributed by atoms with Gasteiger partial charge in [-0.2, -0.15) is 0 Å². The topological polar surface area (TPSA) is 42.2 Å². The summed E-state index contributed by atoms with van der Waals surface area (Å²) < 4.78 is 25.5. The SMILES string of the molecule is O=C(O)CCc1cccn1CC(F)F.